The van der Waals surface area contributed by atoms with Gasteiger partial charge in [0.2, 0.25) is 11.8 Å². The number of anilines is 1. The first-order valence-corrected chi connectivity index (χ1v) is 8.73. The van der Waals surface area contributed by atoms with Crippen LogP contribution in [0.15, 0.2) is 6.07 Å². The van der Waals surface area contributed by atoms with Gasteiger partial charge >= 0.3 is 0 Å². The molecule has 0 spiro atoms. The van der Waals surface area contributed by atoms with Gasteiger partial charge in [0, 0.05) is 43.5 Å². The van der Waals surface area contributed by atoms with Crippen LogP contribution in [0.4, 0.5) is 5.95 Å². The molecule has 134 valence electrons. The van der Waals surface area contributed by atoms with Gasteiger partial charge in [0.15, 0.2) is 0 Å². The lowest BCUT2D eigenvalue weighted by Crippen LogP contribution is -2.65. The second-order valence-electron chi connectivity index (χ2n) is 6.54. The van der Waals surface area contributed by atoms with Crippen molar-refractivity contribution < 1.29 is 14.2 Å². The maximum Gasteiger partial charge on any atom is 0.226 e. The van der Waals surface area contributed by atoms with Gasteiger partial charge in [-0.1, -0.05) is 0 Å². The predicted octanol–water partition coefficient (Wildman–Crippen LogP) is 1.48. The van der Waals surface area contributed by atoms with Gasteiger partial charge in [0.25, 0.3) is 0 Å². The van der Waals surface area contributed by atoms with Gasteiger partial charge < -0.3 is 19.5 Å². The van der Waals surface area contributed by atoms with E-state index in [0.29, 0.717) is 17.9 Å². The first-order chi connectivity index (χ1) is 11.6. The van der Waals surface area contributed by atoms with E-state index in [9.17, 15) is 0 Å². The summed E-state index contributed by atoms with van der Waals surface area (Å²) in [4.78, 5) is 11.4. The SMILES string of the molecule is CCOC1CC(CNc2nc(C)cc(OC)n2)(N2CCOCC2)C1. The number of methoxy groups -OCH3 is 1. The minimum atomic E-state index is 0.101. The summed E-state index contributed by atoms with van der Waals surface area (Å²) in [5, 5.41) is 3.42. The summed E-state index contributed by atoms with van der Waals surface area (Å²) < 4.78 is 16.5. The van der Waals surface area contributed by atoms with Crippen molar-refractivity contribution in [3.8, 4) is 5.88 Å². The fourth-order valence-electron chi connectivity index (χ4n) is 3.66. The van der Waals surface area contributed by atoms with Crippen LogP contribution in [0.5, 0.6) is 5.88 Å². The van der Waals surface area contributed by atoms with Crippen LogP contribution in [0.25, 0.3) is 0 Å². The minimum absolute atomic E-state index is 0.101. The molecule has 1 N–H and O–H groups in total. The quantitative estimate of drug-likeness (QED) is 0.809. The smallest absolute Gasteiger partial charge is 0.226 e. The zero-order chi connectivity index (χ0) is 17.0. The van der Waals surface area contributed by atoms with Crippen molar-refractivity contribution in [2.45, 2.75) is 38.3 Å². The molecule has 0 atom stereocenters. The number of ether oxygens (including phenoxy) is 3. The normalized spacial score (nSPS) is 27.5. The van der Waals surface area contributed by atoms with Gasteiger partial charge in [0.1, 0.15) is 0 Å². The molecule has 1 saturated heterocycles. The molecular weight excluding hydrogens is 308 g/mol. The lowest BCUT2D eigenvalue weighted by Gasteiger charge is -2.55. The van der Waals surface area contributed by atoms with Crippen LogP contribution in [-0.4, -0.2) is 73.1 Å². The monoisotopic (exact) mass is 336 g/mol. The topological polar surface area (TPSA) is 68.7 Å². The number of aromatic nitrogens is 2. The third kappa shape index (κ3) is 3.79. The van der Waals surface area contributed by atoms with Gasteiger partial charge in [0.05, 0.1) is 26.4 Å². The van der Waals surface area contributed by atoms with Crippen LogP contribution >= 0.6 is 0 Å². The summed E-state index contributed by atoms with van der Waals surface area (Å²) in [5.74, 6) is 1.21. The Morgan fingerprint density at radius 1 is 1.33 bits per heavy atom. The molecule has 7 nitrogen and oxygen atoms in total. The number of rotatable bonds is 7. The Labute approximate surface area is 143 Å². The molecule has 0 bridgehead atoms. The summed E-state index contributed by atoms with van der Waals surface area (Å²) in [7, 11) is 1.62. The fourth-order valence-corrected chi connectivity index (χ4v) is 3.66. The van der Waals surface area contributed by atoms with Crippen LogP contribution in [-0.2, 0) is 9.47 Å². The number of morpholine rings is 1. The zero-order valence-electron chi connectivity index (χ0n) is 14.9. The molecule has 0 radical (unpaired) electrons. The maximum absolute atomic E-state index is 5.79. The largest absolute Gasteiger partial charge is 0.481 e. The first-order valence-electron chi connectivity index (χ1n) is 8.73. The van der Waals surface area contributed by atoms with Gasteiger partial charge in [-0.05, 0) is 26.7 Å². The Morgan fingerprint density at radius 2 is 2.08 bits per heavy atom. The number of nitrogens with zero attached hydrogens (tertiary/aromatic N) is 3. The van der Waals surface area contributed by atoms with Gasteiger partial charge in [-0.2, -0.15) is 4.98 Å². The summed E-state index contributed by atoms with van der Waals surface area (Å²) in [6.45, 7) is 9.13. The number of nitrogens with one attached hydrogen (secondary N) is 1. The summed E-state index contributed by atoms with van der Waals surface area (Å²) in [6.07, 6.45) is 2.43. The van der Waals surface area contributed by atoms with Gasteiger partial charge in [-0.3, -0.25) is 4.90 Å². The van der Waals surface area contributed by atoms with Crippen molar-refractivity contribution >= 4 is 5.95 Å². The van der Waals surface area contributed by atoms with Crippen LogP contribution < -0.4 is 10.1 Å². The van der Waals surface area contributed by atoms with E-state index in [1.165, 1.54) is 0 Å². The van der Waals surface area contributed by atoms with E-state index in [2.05, 4.69) is 27.1 Å². The van der Waals surface area contributed by atoms with E-state index in [-0.39, 0.29) is 5.54 Å². The van der Waals surface area contributed by atoms with E-state index in [1.54, 1.807) is 7.11 Å². The van der Waals surface area contributed by atoms with Crippen molar-refractivity contribution in [2.24, 2.45) is 0 Å². The Bertz CT molecular complexity index is 543. The van der Waals surface area contributed by atoms with E-state index in [0.717, 1.165) is 58.0 Å². The van der Waals surface area contributed by atoms with Crippen molar-refractivity contribution in [3.05, 3.63) is 11.8 Å². The Hall–Kier alpha value is -1.44. The van der Waals surface area contributed by atoms with E-state index >= 15 is 0 Å². The highest BCUT2D eigenvalue weighted by molar-refractivity contribution is 5.32. The number of hydrogen-bond acceptors (Lipinski definition) is 7. The van der Waals surface area contributed by atoms with Gasteiger partial charge in [-0.25, -0.2) is 4.98 Å². The summed E-state index contributed by atoms with van der Waals surface area (Å²) in [5.41, 5.74) is 0.995. The summed E-state index contributed by atoms with van der Waals surface area (Å²) in [6, 6.07) is 1.83. The van der Waals surface area contributed by atoms with Crippen LogP contribution in [0.2, 0.25) is 0 Å². The molecule has 7 heteroatoms. The predicted molar refractivity (Wildman–Crippen MR) is 91.6 cm³/mol. The average molecular weight is 336 g/mol. The van der Waals surface area contributed by atoms with Gasteiger partial charge in [-0.15, -0.1) is 0 Å². The highest BCUT2D eigenvalue weighted by atomic mass is 16.5. The third-order valence-corrected chi connectivity index (χ3v) is 4.91. The van der Waals surface area contributed by atoms with Crippen molar-refractivity contribution in [3.63, 3.8) is 0 Å². The molecule has 1 aromatic heterocycles. The van der Waals surface area contributed by atoms with Crippen molar-refractivity contribution in [2.75, 3.05) is 51.9 Å². The second-order valence-corrected chi connectivity index (χ2v) is 6.54. The Balaban J connectivity index is 1.67. The molecule has 1 aliphatic carbocycles. The average Bonchev–Trinajstić information content (AvgIpc) is 2.57. The van der Waals surface area contributed by atoms with E-state index in [1.807, 2.05) is 13.0 Å². The Kier molecular flexibility index (Phi) is 5.53. The second kappa shape index (κ2) is 7.63. The zero-order valence-corrected chi connectivity index (χ0v) is 14.9. The van der Waals surface area contributed by atoms with E-state index in [4.69, 9.17) is 14.2 Å². The molecule has 1 aromatic rings. The highest BCUT2D eigenvalue weighted by Gasteiger charge is 2.49. The highest BCUT2D eigenvalue weighted by Crippen LogP contribution is 2.40. The molecule has 3 rings (SSSR count). The number of aryl methyl sites for hydroxylation is 1. The summed E-state index contributed by atoms with van der Waals surface area (Å²) >= 11 is 0. The molecule has 1 saturated carbocycles. The lowest BCUT2D eigenvalue weighted by molar-refractivity contribution is -0.121. The number of hydrogen-bond donors (Lipinski definition) is 1. The molecule has 2 fully saturated rings. The minimum Gasteiger partial charge on any atom is -0.481 e. The fraction of sp³-hybridized carbons (Fsp3) is 0.765. The maximum atomic E-state index is 5.79. The van der Waals surface area contributed by atoms with Crippen LogP contribution in [0.3, 0.4) is 0 Å². The Morgan fingerprint density at radius 3 is 2.75 bits per heavy atom. The molecule has 1 aliphatic heterocycles. The molecule has 0 unspecified atom stereocenters. The third-order valence-electron chi connectivity index (χ3n) is 4.91. The molecule has 0 aromatic carbocycles. The lowest BCUT2D eigenvalue weighted by atomic mass is 9.72. The standard InChI is InChI=1S/C17H28N4O3/c1-4-24-14-10-17(11-14,21-5-7-23-8-6-21)12-18-16-19-13(2)9-15(20-16)22-3/h9,14H,4-8,10-12H2,1-3H3,(H,18,19,20). The van der Waals surface area contributed by atoms with Crippen LogP contribution in [0.1, 0.15) is 25.5 Å². The molecular formula is C17H28N4O3. The first kappa shape index (κ1) is 17.4. The van der Waals surface area contributed by atoms with E-state index < -0.39 is 0 Å². The van der Waals surface area contributed by atoms with Crippen molar-refractivity contribution in [1.82, 2.24) is 14.9 Å². The van der Waals surface area contributed by atoms with Crippen LogP contribution in [0, 0.1) is 6.92 Å². The van der Waals surface area contributed by atoms with Crippen molar-refractivity contribution in [1.29, 1.82) is 0 Å². The molecule has 2 heterocycles. The molecule has 2 aliphatic rings. The molecule has 24 heavy (non-hydrogen) atoms. The molecule has 0 amide bonds.